The van der Waals surface area contributed by atoms with E-state index in [2.05, 4.69) is 46.5 Å². The molecule has 1 fully saturated rings. The summed E-state index contributed by atoms with van der Waals surface area (Å²) in [6, 6.07) is 1.87. The molecule has 2 rings (SSSR count). The van der Waals surface area contributed by atoms with Crippen molar-refractivity contribution in [1.29, 1.82) is 0 Å². The second kappa shape index (κ2) is 7.04. The predicted octanol–water partition coefficient (Wildman–Crippen LogP) is 1.86. The van der Waals surface area contributed by atoms with Crippen LogP contribution < -0.4 is 16.6 Å². The van der Waals surface area contributed by atoms with Gasteiger partial charge < -0.3 is 15.6 Å². The van der Waals surface area contributed by atoms with Gasteiger partial charge in [0.25, 0.3) is 0 Å². The van der Waals surface area contributed by atoms with Crippen LogP contribution in [0.5, 0.6) is 0 Å². The maximum Gasteiger partial charge on any atom is 0.145 e. The van der Waals surface area contributed by atoms with Gasteiger partial charge in [0, 0.05) is 19.0 Å². The first-order chi connectivity index (χ1) is 10.0. The Balaban J connectivity index is 2.00. The van der Waals surface area contributed by atoms with Crippen LogP contribution in [0.4, 0.5) is 11.6 Å². The van der Waals surface area contributed by atoms with E-state index in [0.717, 1.165) is 31.0 Å². The van der Waals surface area contributed by atoms with Crippen molar-refractivity contribution in [3.63, 3.8) is 0 Å². The number of likely N-dealkylation sites (tertiary alicyclic amines) is 1. The molecule has 1 aliphatic heterocycles. The van der Waals surface area contributed by atoms with Gasteiger partial charge in [0.2, 0.25) is 0 Å². The van der Waals surface area contributed by atoms with Gasteiger partial charge in [0.05, 0.1) is 0 Å². The van der Waals surface area contributed by atoms with Gasteiger partial charge >= 0.3 is 0 Å². The van der Waals surface area contributed by atoms with Gasteiger partial charge in [0.15, 0.2) is 0 Å². The lowest BCUT2D eigenvalue weighted by Crippen LogP contribution is -2.40. The van der Waals surface area contributed by atoms with Crippen molar-refractivity contribution in [2.45, 2.75) is 39.5 Å². The first-order valence-corrected chi connectivity index (χ1v) is 7.81. The minimum absolute atomic E-state index is 0.332. The van der Waals surface area contributed by atoms with Gasteiger partial charge in [-0.2, -0.15) is 0 Å². The van der Waals surface area contributed by atoms with E-state index in [4.69, 9.17) is 5.84 Å². The Kier molecular flexibility index (Phi) is 5.36. The summed E-state index contributed by atoms with van der Waals surface area (Å²) in [5.41, 5.74) is 2.95. The molecule has 0 spiro atoms. The summed E-state index contributed by atoms with van der Waals surface area (Å²) < 4.78 is 0. The summed E-state index contributed by atoms with van der Waals surface area (Å²) >= 11 is 0. The van der Waals surface area contributed by atoms with Crippen LogP contribution in [0.25, 0.3) is 0 Å². The SMILES string of the molecule is CCCc1nc(NN)cc(NCC2(C)CCN(C)CC2)n1. The molecule has 6 nitrogen and oxygen atoms in total. The second-order valence-corrected chi connectivity index (χ2v) is 6.42. The second-order valence-electron chi connectivity index (χ2n) is 6.42. The number of aryl methyl sites for hydroxylation is 1. The van der Waals surface area contributed by atoms with E-state index in [-0.39, 0.29) is 0 Å². The number of hydrazine groups is 1. The standard InChI is InChI=1S/C15H28N6/c1-4-5-12-18-13(10-14(19-12)20-16)17-11-15(2)6-8-21(3)9-7-15/h10H,4-9,11,16H2,1-3H3,(H2,17,18,19,20). The minimum Gasteiger partial charge on any atom is -0.369 e. The number of nitrogens with one attached hydrogen (secondary N) is 2. The number of rotatable bonds is 6. The molecular weight excluding hydrogens is 264 g/mol. The molecule has 0 amide bonds. The number of nitrogens with two attached hydrogens (primary N) is 1. The number of nitrogen functional groups attached to an aromatic ring is 1. The summed E-state index contributed by atoms with van der Waals surface area (Å²) in [5, 5.41) is 3.48. The summed E-state index contributed by atoms with van der Waals surface area (Å²) in [6.07, 6.45) is 4.32. The first kappa shape index (κ1) is 16.0. The predicted molar refractivity (Wildman–Crippen MR) is 87.2 cm³/mol. The number of hydrogen-bond donors (Lipinski definition) is 3. The Bertz CT molecular complexity index is 453. The Morgan fingerprint density at radius 2 is 1.95 bits per heavy atom. The van der Waals surface area contributed by atoms with Gasteiger partial charge in [-0.05, 0) is 44.8 Å². The lowest BCUT2D eigenvalue weighted by Gasteiger charge is -2.38. The van der Waals surface area contributed by atoms with E-state index in [0.29, 0.717) is 11.2 Å². The summed E-state index contributed by atoms with van der Waals surface area (Å²) in [6.45, 7) is 7.74. The van der Waals surface area contributed by atoms with Crippen LogP contribution in [0.1, 0.15) is 38.9 Å². The third kappa shape index (κ3) is 4.54. The van der Waals surface area contributed by atoms with Crippen LogP contribution in [-0.4, -0.2) is 41.5 Å². The van der Waals surface area contributed by atoms with Gasteiger partial charge in [0.1, 0.15) is 17.5 Å². The molecule has 0 unspecified atom stereocenters. The molecule has 6 heteroatoms. The minimum atomic E-state index is 0.332. The Labute approximate surface area is 127 Å². The molecule has 0 aliphatic carbocycles. The smallest absolute Gasteiger partial charge is 0.145 e. The molecule has 2 heterocycles. The first-order valence-electron chi connectivity index (χ1n) is 7.81. The topological polar surface area (TPSA) is 79.1 Å². The number of hydrogen-bond acceptors (Lipinski definition) is 6. The molecule has 0 bridgehead atoms. The third-order valence-corrected chi connectivity index (χ3v) is 4.28. The monoisotopic (exact) mass is 292 g/mol. The van der Waals surface area contributed by atoms with Crippen molar-refractivity contribution in [3.05, 3.63) is 11.9 Å². The average molecular weight is 292 g/mol. The van der Waals surface area contributed by atoms with Crippen LogP contribution >= 0.6 is 0 Å². The van der Waals surface area contributed by atoms with E-state index in [1.54, 1.807) is 0 Å². The van der Waals surface area contributed by atoms with Gasteiger partial charge in [-0.3, -0.25) is 0 Å². The van der Waals surface area contributed by atoms with E-state index in [9.17, 15) is 0 Å². The maximum absolute atomic E-state index is 5.49. The Morgan fingerprint density at radius 3 is 2.57 bits per heavy atom. The molecule has 0 aromatic carbocycles. The number of piperidine rings is 1. The maximum atomic E-state index is 5.49. The molecular formula is C15H28N6. The average Bonchev–Trinajstić information content (AvgIpc) is 2.49. The number of anilines is 2. The molecule has 4 N–H and O–H groups in total. The molecule has 1 aliphatic rings. The van der Waals surface area contributed by atoms with Crippen LogP contribution in [-0.2, 0) is 6.42 Å². The zero-order chi connectivity index (χ0) is 15.3. The molecule has 118 valence electrons. The zero-order valence-electron chi connectivity index (χ0n) is 13.4. The lowest BCUT2D eigenvalue weighted by molar-refractivity contribution is 0.150. The normalized spacial score (nSPS) is 18.5. The largest absolute Gasteiger partial charge is 0.369 e. The highest BCUT2D eigenvalue weighted by molar-refractivity contribution is 5.47. The Hall–Kier alpha value is -1.40. The highest BCUT2D eigenvalue weighted by atomic mass is 15.3. The van der Waals surface area contributed by atoms with Crippen LogP contribution in [0.2, 0.25) is 0 Å². The molecule has 0 saturated carbocycles. The highest BCUT2D eigenvalue weighted by Gasteiger charge is 2.28. The van der Waals surface area contributed by atoms with Gasteiger partial charge in [-0.25, -0.2) is 15.8 Å². The molecule has 1 aromatic rings. The van der Waals surface area contributed by atoms with Crippen LogP contribution in [0, 0.1) is 5.41 Å². The lowest BCUT2D eigenvalue weighted by atomic mass is 9.80. The fraction of sp³-hybridized carbons (Fsp3) is 0.733. The van der Waals surface area contributed by atoms with Crippen LogP contribution in [0.15, 0.2) is 6.07 Å². The van der Waals surface area contributed by atoms with E-state index >= 15 is 0 Å². The molecule has 1 saturated heterocycles. The van der Waals surface area contributed by atoms with Crippen molar-refractivity contribution in [1.82, 2.24) is 14.9 Å². The molecule has 1 aromatic heterocycles. The van der Waals surface area contributed by atoms with Crippen LogP contribution in [0.3, 0.4) is 0 Å². The summed E-state index contributed by atoms with van der Waals surface area (Å²) in [7, 11) is 2.19. The zero-order valence-corrected chi connectivity index (χ0v) is 13.4. The van der Waals surface area contributed by atoms with Crippen molar-refractivity contribution >= 4 is 11.6 Å². The third-order valence-electron chi connectivity index (χ3n) is 4.28. The van der Waals surface area contributed by atoms with Crippen molar-refractivity contribution in [2.24, 2.45) is 11.3 Å². The summed E-state index contributed by atoms with van der Waals surface area (Å²) in [4.78, 5) is 11.3. The Morgan fingerprint density at radius 1 is 1.29 bits per heavy atom. The summed E-state index contributed by atoms with van der Waals surface area (Å²) in [5.74, 6) is 7.86. The van der Waals surface area contributed by atoms with E-state index in [1.807, 2.05) is 6.07 Å². The molecule has 21 heavy (non-hydrogen) atoms. The highest BCUT2D eigenvalue weighted by Crippen LogP contribution is 2.30. The van der Waals surface area contributed by atoms with E-state index < -0.39 is 0 Å². The fourth-order valence-corrected chi connectivity index (χ4v) is 2.64. The number of nitrogens with zero attached hydrogens (tertiary/aromatic N) is 3. The van der Waals surface area contributed by atoms with Gasteiger partial charge in [-0.15, -0.1) is 0 Å². The molecule has 0 atom stereocenters. The van der Waals surface area contributed by atoms with Crippen molar-refractivity contribution < 1.29 is 0 Å². The number of aromatic nitrogens is 2. The van der Waals surface area contributed by atoms with Crippen molar-refractivity contribution in [3.8, 4) is 0 Å². The molecule has 0 radical (unpaired) electrons. The van der Waals surface area contributed by atoms with Gasteiger partial charge in [-0.1, -0.05) is 13.8 Å². The quantitative estimate of drug-likeness (QED) is 0.548. The fourth-order valence-electron chi connectivity index (χ4n) is 2.64. The van der Waals surface area contributed by atoms with Crippen molar-refractivity contribution in [2.75, 3.05) is 37.4 Å². The van der Waals surface area contributed by atoms with E-state index in [1.165, 1.54) is 25.9 Å².